The number of carbonyl (C=O) groups is 1. The fourth-order valence-electron chi connectivity index (χ4n) is 2.07. The van der Waals surface area contributed by atoms with Gasteiger partial charge in [-0.1, -0.05) is 23.9 Å². The molecule has 1 aliphatic rings. The van der Waals surface area contributed by atoms with Crippen molar-refractivity contribution in [3.63, 3.8) is 0 Å². The SMILES string of the molecule is Cc1c(C(=O)NC2=NCCS2)cnn1-c1ccccc1F. The van der Waals surface area contributed by atoms with E-state index in [1.807, 2.05) is 0 Å². The van der Waals surface area contributed by atoms with Crippen molar-refractivity contribution >= 4 is 22.8 Å². The van der Waals surface area contributed by atoms with Crippen LogP contribution < -0.4 is 5.32 Å². The molecule has 3 rings (SSSR count). The largest absolute Gasteiger partial charge is 0.301 e. The first-order valence-electron chi connectivity index (χ1n) is 6.45. The van der Waals surface area contributed by atoms with Crippen molar-refractivity contribution in [2.45, 2.75) is 6.92 Å². The van der Waals surface area contributed by atoms with Crippen molar-refractivity contribution in [1.29, 1.82) is 0 Å². The van der Waals surface area contributed by atoms with Crippen molar-refractivity contribution < 1.29 is 9.18 Å². The summed E-state index contributed by atoms with van der Waals surface area (Å²) >= 11 is 1.51. The molecular formula is C14H13FN4OS. The fraction of sp³-hybridized carbons (Fsp3) is 0.214. The predicted octanol–water partition coefficient (Wildman–Crippen LogP) is 2.15. The number of hydrogen-bond donors (Lipinski definition) is 1. The van der Waals surface area contributed by atoms with Crippen LogP contribution in [0.15, 0.2) is 35.5 Å². The molecule has 2 aromatic rings. The van der Waals surface area contributed by atoms with Crippen LogP contribution in [0.1, 0.15) is 16.1 Å². The topological polar surface area (TPSA) is 59.3 Å². The minimum absolute atomic E-state index is 0.275. The summed E-state index contributed by atoms with van der Waals surface area (Å²) in [5.41, 5.74) is 1.32. The van der Waals surface area contributed by atoms with E-state index in [9.17, 15) is 9.18 Å². The fourth-order valence-corrected chi connectivity index (χ4v) is 2.80. The Kier molecular flexibility index (Phi) is 3.74. The van der Waals surface area contributed by atoms with Gasteiger partial charge in [-0.2, -0.15) is 5.10 Å². The maximum absolute atomic E-state index is 13.8. The smallest absolute Gasteiger partial charge is 0.260 e. The molecule has 1 amide bonds. The van der Waals surface area contributed by atoms with Gasteiger partial charge >= 0.3 is 0 Å². The molecule has 108 valence electrons. The number of aromatic nitrogens is 2. The highest BCUT2D eigenvalue weighted by molar-refractivity contribution is 8.14. The van der Waals surface area contributed by atoms with Gasteiger partial charge in [-0.3, -0.25) is 9.79 Å². The molecule has 2 heterocycles. The number of aliphatic imine (C=N–C) groups is 1. The summed E-state index contributed by atoms with van der Waals surface area (Å²) in [5.74, 6) is 0.220. The molecule has 1 aliphatic heterocycles. The Morgan fingerprint density at radius 1 is 1.43 bits per heavy atom. The zero-order chi connectivity index (χ0) is 14.8. The van der Waals surface area contributed by atoms with Crippen LogP contribution in [0.2, 0.25) is 0 Å². The maximum atomic E-state index is 13.8. The number of amidine groups is 1. The molecule has 0 unspecified atom stereocenters. The number of nitrogens with zero attached hydrogens (tertiary/aromatic N) is 3. The minimum Gasteiger partial charge on any atom is -0.301 e. The zero-order valence-corrected chi connectivity index (χ0v) is 12.2. The van der Waals surface area contributed by atoms with Gasteiger partial charge in [0, 0.05) is 5.75 Å². The third kappa shape index (κ3) is 2.69. The summed E-state index contributed by atoms with van der Waals surface area (Å²) in [5, 5.41) is 7.48. The van der Waals surface area contributed by atoms with Gasteiger partial charge < -0.3 is 5.32 Å². The zero-order valence-electron chi connectivity index (χ0n) is 11.3. The highest BCUT2D eigenvalue weighted by atomic mass is 32.2. The van der Waals surface area contributed by atoms with Crippen molar-refractivity contribution in [3.05, 3.63) is 47.5 Å². The lowest BCUT2D eigenvalue weighted by Gasteiger charge is -2.07. The molecule has 0 aliphatic carbocycles. The van der Waals surface area contributed by atoms with Crippen LogP contribution in [0.3, 0.4) is 0 Å². The maximum Gasteiger partial charge on any atom is 0.260 e. The first-order valence-corrected chi connectivity index (χ1v) is 7.43. The Hall–Kier alpha value is -2.15. The van der Waals surface area contributed by atoms with E-state index in [4.69, 9.17) is 0 Å². The number of nitrogens with one attached hydrogen (secondary N) is 1. The third-order valence-electron chi connectivity index (χ3n) is 3.14. The monoisotopic (exact) mass is 304 g/mol. The molecule has 21 heavy (non-hydrogen) atoms. The van der Waals surface area contributed by atoms with E-state index in [0.717, 1.165) is 5.75 Å². The predicted molar refractivity (Wildman–Crippen MR) is 80.5 cm³/mol. The Balaban J connectivity index is 1.89. The van der Waals surface area contributed by atoms with E-state index in [1.54, 1.807) is 25.1 Å². The van der Waals surface area contributed by atoms with Gasteiger partial charge in [-0.05, 0) is 19.1 Å². The number of hydrogen-bond acceptors (Lipinski definition) is 4. The molecule has 1 aromatic carbocycles. The second kappa shape index (κ2) is 5.69. The quantitative estimate of drug-likeness (QED) is 0.925. The average molecular weight is 304 g/mol. The van der Waals surface area contributed by atoms with Crippen LogP contribution in [0, 0.1) is 12.7 Å². The number of rotatable bonds is 2. The van der Waals surface area contributed by atoms with E-state index in [0.29, 0.717) is 28.7 Å². The molecule has 0 saturated heterocycles. The summed E-state index contributed by atoms with van der Waals surface area (Å²) in [6.45, 7) is 2.45. The molecule has 0 radical (unpaired) electrons. The average Bonchev–Trinajstić information content (AvgIpc) is 3.09. The standard InChI is InChI=1S/C14H13FN4OS/c1-9-10(13(20)18-14-16-6-7-21-14)8-17-19(9)12-5-3-2-4-11(12)15/h2-5,8H,6-7H2,1H3,(H,16,18,20). The van der Waals surface area contributed by atoms with Gasteiger partial charge in [-0.15, -0.1) is 0 Å². The summed E-state index contributed by atoms with van der Waals surface area (Å²) in [6, 6.07) is 6.32. The second-order valence-corrected chi connectivity index (χ2v) is 5.58. The van der Waals surface area contributed by atoms with Gasteiger partial charge in [0.05, 0.1) is 24.0 Å². The van der Waals surface area contributed by atoms with Crippen LogP contribution in [-0.2, 0) is 0 Å². The lowest BCUT2D eigenvalue weighted by molar-refractivity contribution is 0.0977. The van der Waals surface area contributed by atoms with Crippen LogP contribution in [-0.4, -0.2) is 33.2 Å². The Morgan fingerprint density at radius 2 is 2.24 bits per heavy atom. The number of thioether (sulfide) groups is 1. The van der Waals surface area contributed by atoms with Gasteiger partial charge in [0.2, 0.25) is 0 Å². The molecule has 5 nitrogen and oxygen atoms in total. The summed E-state index contributed by atoms with van der Waals surface area (Å²) < 4.78 is 15.2. The number of halogens is 1. The van der Waals surface area contributed by atoms with Gasteiger partial charge in [-0.25, -0.2) is 9.07 Å². The minimum atomic E-state index is -0.383. The van der Waals surface area contributed by atoms with E-state index >= 15 is 0 Å². The highest BCUT2D eigenvalue weighted by Gasteiger charge is 2.19. The van der Waals surface area contributed by atoms with Gasteiger partial charge in [0.15, 0.2) is 5.17 Å². The molecule has 0 atom stereocenters. The van der Waals surface area contributed by atoms with Gasteiger partial charge in [0.1, 0.15) is 11.5 Å². The molecular weight excluding hydrogens is 291 g/mol. The lowest BCUT2D eigenvalue weighted by atomic mass is 10.2. The Morgan fingerprint density at radius 3 is 2.95 bits per heavy atom. The Bertz CT molecular complexity index is 726. The van der Waals surface area contributed by atoms with Crippen molar-refractivity contribution in [3.8, 4) is 5.69 Å². The summed E-state index contributed by atoms with van der Waals surface area (Å²) in [6.07, 6.45) is 1.44. The lowest BCUT2D eigenvalue weighted by Crippen LogP contribution is -2.27. The van der Waals surface area contributed by atoms with Crippen molar-refractivity contribution in [1.82, 2.24) is 15.1 Å². The number of carbonyl (C=O) groups excluding carboxylic acids is 1. The second-order valence-electron chi connectivity index (χ2n) is 4.50. The van der Waals surface area contributed by atoms with E-state index < -0.39 is 0 Å². The van der Waals surface area contributed by atoms with E-state index in [-0.39, 0.29) is 11.7 Å². The Labute approximate surface area is 125 Å². The molecule has 7 heteroatoms. The molecule has 1 N–H and O–H groups in total. The first kappa shape index (κ1) is 13.8. The number of benzene rings is 1. The summed E-state index contributed by atoms with van der Waals surface area (Å²) in [7, 11) is 0. The van der Waals surface area contributed by atoms with Crippen LogP contribution in [0.4, 0.5) is 4.39 Å². The van der Waals surface area contributed by atoms with E-state index in [2.05, 4.69) is 15.4 Å². The highest BCUT2D eigenvalue weighted by Crippen LogP contribution is 2.17. The van der Waals surface area contributed by atoms with Crippen LogP contribution >= 0.6 is 11.8 Å². The molecule has 1 aromatic heterocycles. The third-order valence-corrected chi connectivity index (χ3v) is 4.03. The number of amides is 1. The van der Waals surface area contributed by atoms with Crippen molar-refractivity contribution in [2.75, 3.05) is 12.3 Å². The van der Waals surface area contributed by atoms with Crippen molar-refractivity contribution in [2.24, 2.45) is 4.99 Å². The van der Waals surface area contributed by atoms with Crippen LogP contribution in [0.25, 0.3) is 5.69 Å². The molecule has 0 bridgehead atoms. The van der Waals surface area contributed by atoms with E-state index in [1.165, 1.54) is 28.7 Å². The van der Waals surface area contributed by atoms with Crippen LogP contribution in [0.5, 0.6) is 0 Å². The molecule has 0 saturated carbocycles. The number of para-hydroxylation sites is 1. The molecule has 0 fully saturated rings. The first-order chi connectivity index (χ1) is 10.2. The summed E-state index contributed by atoms with van der Waals surface area (Å²) in [4.78, 5) is 16.4. The molecule has 0 spiro atoms. The van der Waals surface area contributed by atoms with Gasteiger partial charge in [0.25, 0.3) is 5.91 Å². The normalized spacial score (nSPS) is 14.1.